The van der Waals surface area contributed by atoms with E-state index in [0.717, 1.165) is 61.7 Å². The van der Waals surface area contributed by atoms with E-state index >= 15 is 0 Å². The Morgan fingerprint density at radius 2 is 1.15 bits per heavy atom. The van der Waals surface area contributed by atoms with E-state index in [2.05, 4.69) is 6.29 Å². The van der Waals surface area contributed by atoms with E-state index in [1.807, 2.05) is 0 Å². The predicted octanol–water partition coefficient (Wildman–Crippen LogP) is -3.44. The molecule has 8 unspecified atom stereocenters. The van der Waals surface area contributed by atoms with E-state index in [9.17, 15) is 14.7 Å². The summed E-state index contributed by atoms with van der Waals surface area (Å²) in [6.45, 7) is 0. The van der Waals surface area contributed by atoms with Crippen LogP contribution in [0.4, 0.5) is 0 Å². The molecule has 8 atom stereocenters. The predicted molar refractivity (Wildman–Crippen MR) is 86.7 cm³/mol. The fraction of sp³-hybridized carbons (Fsp3) is 0.900. The van der Waals surface area contributed by atoms with Gasteiger partial charge in [-0.2, -0.15) is 0 Å². The van der Waals surface area contributed by atoms with E-state index in [1.165, 1.54) is 32.1 Å². The number of carboxylic acid groups (broad SMARTS) is 1. The minimum atomic E-state index is -0.822. The Morgan fingerprint density at radius 1 is 0.692 bits per heavy atom. The van der Waals surface area contributed by atoms with Crippen LogP contribution in [0.3, 0.4) is 0 Å². The van der Waals surface area contributed by atoms with Crippen molar-refractivity contribution in [3.8, 4) is 0 Å². The fourth-order valence-corrected chi connectivity index (χ4v) is 6.69. The van der Waals surface area contributed by atoms with Crippen molar-refractivity contribution in [2.45, 2.75) is 64.2 Å². The van der Waals surface area contributed by atoms with Crippen molar-refractivity contribution in [1.82, 2.24) is 0 Å². The number of hydrogen-bond acceptors (Lipinski definition) is 4. The number of carbonyl (C=O) groups is 1. The first kappa shape index (κ1) is 24.3. The molecule has 0 radical (unpaired) electrons. The molecule has 0 aliphatic heterocycles. The number of hydrogen-bond donors (Lipinski definition) is 0. The Bertz CT molecular complexity index is 486. The van der Waals surface area contributed by atoms with Crippen LogP contribution in [0.15, 0.2) is 0 Å². The molecule has 0 aromatic carbocycles. The zero-order valence-electron chi connectivity index (χ0n) is 16.4. The topological polar surface area (TPSA) is 87.2 Å². The third-order valence-corrected chi connectivity index (χ3v) is 7.87. The molecule has 0 spiro atoms. The van der Waals surface area contributed by atoms with Crippen molar-refractivity contribution in [3.05, 3.63) is 0 Å². The van der Waals surface area contributed by atoms with Crippen LogP contribution >= 0.6 is 0 Å². The van der Waals surface area contributed by atoms with Gasteiger partial charge in [0.05, 0.1) is 0 Å². The van der Waals surface area contributed by atoms with Gasteiger partial charge in [0.1, 0.15) is 0 Å². The minimum Gasteiger partial charge on any atom is -0.870 e. The molecule has 4 aliphatic rings. The number of aliphatic carboxylic acids is 1. The SMILES string of the molecule is O=[C-]C1CCC2CC3CC4CC(C(=O)[O-])CCC4CC3CC2C1.[Li+].[Li+].[OH-]. The molecule has 4 fully saturated rings. The summed E-state index contributed by atoms with van der Waals surface area (Å²) in [5.74, 6) is 3.79. The van der Waals surface area contributed by atoms with Crippen LogP contribution in [0, 0.1) is 47.3 Å². The maximum Gasteiger partial charge on any atom is 1.00 e. The molecule has 1 N–H and O–H groups in total. The van der Waals surface area contributed by atoms with Gasteiger partial charge in [-0.1, -0.05) is 19.3 Å². The van der Waals surface area contributed by atoms with Crippen LogP contribution in [0.25, 0.3) is 0 Å². The summed E-state index contributed by atoms with van der Waals surface area (Å²) in [5.41, 5.74) is 0. The van der Waals surface area contributed by atoms with Crippen LogP contribution in [-0.4, -0.2) is 17.7 Å². The summed E-state index contributed by atoms with van der Waals surface area (Å²) in [6, 6.07) is 0. The Hall–Kier alpha value is 0.295. The van der Waals surface area contributed by atoms with Gasteiger partial charge in [-0.05, 0) is 86.4 Å². The van der Waals surface area contributed by atoms with Gasteiger partial charge in [0.15, 0.2) is 0 Å². The Morgan fingerprint density at radius 3 is 1.69 bits per heavy atom. The van der Waals surface area contributed by atoms with Crippen molar-refractivity contribution in [2.24, 2.45) is 47.3 Å². The van der Waals surface area contributed by atoms with E-state index in [-0.39, 0.29) is 55.0 Å². The molecular formula is C20H29Li2O4-. The quantitative estimate of drug-likeness (QED) is 0.384. The maximum absolute atomic E-state index is 11.2. The molecule has 4 aliphatic carbocycles. The summed E-state index contributed by atoms with van der Waals surface area (Å²) in [5, 5.41) is 11.2. The van der Waals surface area contributed by atoms with Gasteiger partial charge in [-0.15, -0.1) is 5.92 Å². The van der Waals surface area contributed by atoms with E-state index < -0.39 is 5.97 Å². The van der Waals surface area contributed by atoms with Gasteiger partial charge < -0.3 is 20.2 Å². The molecule has 26 heavy (non-hydrogen) atoms. The van der Waals surface area contributed by atoms with Gasteiger partial charge >= 0.3 is 37.7 Å². The van der Waals surface area contributed by atoms with Crippen molar-refractivity contribution < 1.29 is 57.9 Å². The number of carbonyl (C=O) groups excluding carboxylic acids is 2. The molecule has 0 saturated heterocycles. The summed E-state index contributed by atoms with van der Waals surface area (Å²) in [7, 11) is 0. The molecule has 4 nitrogen and oxygen atoms in total. The number of carboxylic acids is 1. The molecule has 0 bridgehead atoms. The van der Waals surface area contributed by atoms with Gasteiger partial charge in [0, 0.05) is 5.97 Å². The van der Waals surface area contributed by atoms with Crippen molar-refractivity contribution in [3.63, 3.8) is 0 Å². The average molecular weight is 347 g/mol. The van der Waals surface area contributed by atoms with Gasteiger partial charge in [0.2, 0.25) is 0 Å². The Labute approximate surface area is 181 Å². The molecular weight excluding hydrogens is 318 g/mol. The first-order valence-corrected chi connectivity index (χ1v) is 9.72. The molecule has 0 aromatic heterocycles. The normalized spacial score (nSPS) is 43.7. The second-order valence-corrected chi connectivity index (χ2v) is 8.96. The largest absolute Gasteiger partial charge is 1.00 e. The van der Waals surface area contributed by atoms with Crippen LogP contribution < -0.4 is 42.8 Å². The number of rotatable bonds is 2. The van der Waals surface area contributed by atoms with Crippen molar-refractivity contribution in [2.75, 3.05) is 0 Å². The van der Waals surface area contributed by atoms with Gasteiger partial charge in [-0.25, -0.2) is 0 Å². The van der Waals surface area contributed by atoms with Crippen LogP contribution in [0.1, 0.15) is 64.2 Å². The van der Waals surface area contributed by atoms with Crippen LogP contribution in [-0.2, 0) is 9.59 Å². The van der Waals surface area contributed by atoms with Crippen LogP contribution in [0.5, 0.6) is 0 Å². The van der Waals surface area contributed by atoms with E-state index in [4.69, 9.17) is 0 Å². The first-order chi connectivity index (χ1) is 11.1. The maximum atomic E-state index is 11.2. The Kier molecular flexibility index (Phi) is 9.53. The fourth-order valence-electron chi connectivity index (χ4n) is 6.69. The van der Waals surface area contributed by atoms with Crippen molar-refractivity contribution in [1.29, 1.82) is 0 Å². The third kappa shape index (κ3) is 4.82. The molecule has 0 heterocycles. The average Bonchev–Trinajstić information content (AvgIpc) is 2.57. The minimum absolute atomic E-state index is 0. The summed E-state index contributed by atoms with van der Waals surface area (Å²) in [6.07, 6.45) is 13.6. The molecule has 136 valence electrons. The smallest absolute Gasteiger partial charge is 0.870 e. The van der Waals surface area contributed by atoms with Crippen molar-refractivity contribution >= 4 is 12.3 Å². The van der Waals surface area contributed by atoms with Crippen LogP contribution in [0.2, 0.25) is 0 Å². The summed E-state index contributed by atoms with van der Waals surface area (Å²) >= 11 is 0. The second kappa shape index (κ2) is 10.2. The second-order valence-electron chi connectivity index (χ2n) is 8.96. The Balaban J connectivity index is 0.00000113. The summed E-state index contributed by atoms with van der Waals surface area (Å²) in [4.78, 5) is 22.2. The molecule has 4 saturated carbocycles. The zero-order valence-corrected chi connectivity index (χ0v) is 16.4. The molecule has 0 aromatic rings. The van der Waals surface area contributed by atoms with E-state index in [1.54, 1.807) is 0 Å². The molecule has 6 heteroatoms. The molecule has 4 rings (SSSR count). The monoisotopic (exact) mass is 347 g/mol. The molecule has 0 amide bonds. The first-order valence-electron chi connectivity index (χ1n) is 9.72. The number of fused-ring (bicyclic) bond motifs is 3. The van der Waals surface area contributed by atoms with Gasteiger partial charge in [-0.3, -0.25) is 6.29 Å². The summed E-state index contributed by atoms with van der Waals surface area (Å²) < 4.78 is 0. The zero-order chi connectivity index (χ0) is 16.0. The third-order valence-electron chi connectivity index (χ3n) is 7.87. The van der Waals surface area contributed by atoms with Gasteiger partial charge in [0.25, 0.3) is 0 Å². The van der Waals surface area contributed by atoms with E-state index in [0.29, 0.717) is 5.92 Å². The standard InChI is InChI=1S/C20H29O3.2Li.H2O/c21-11-12-1-2-13-6-19-10-17-8-15(20(22)23)4-3-14(17)7-18(19)9-16(13)5-12;;;/h12-19H,1-10H2,(H,22,23);;;1H2/q-1;2*+1;/p-2.